The van der Waals surface area contributed by atoms with Crippen LogP contribution in [-0.2, 0) is 16.5 Å². The van der Waals surface area contributed by atoms with Crippen LogP contribution >= 0.6 is 0 Å². The highest BCUT2D eigenvalue weighted by Gasteiger charge is 2.32. The Morgan fingerprint density at radius 3 is 2.25 bits per heavy atom. The van der Waals surface area contributed by atoms with Gasteiger partial charge < -0.3 is 16.5 Å². The van der Waals surface area contributed by atoms with Gasteiger partial charge in [-0.1, -0.05) is 12.6 Å². The van der Waals surface area contributed by atoms with Crippen molar-refractivity contribution >= 4 is 38.6 Å². The highest BCUT2D eigenvalue weighted by molar-refractivity contribution is 6.79. The van der Waals surface area contributed by atoms with Gasteiger partial charge in [0.15, 0.2) is 0 Å². The van der Waals surface area contributed by atoms with Gasteiger partial charge in [-0.25, -0.2) is 0 Å². The predicted molar refractivity (Wildman–Crippen MR) is 56.4 cm³/mol. The van der Waals surface area contributed by atoms with Crippen LogP contribution in [0.5, 0.6) is 0 Å². The van der Waals surface area contributed by atoms with Gasteiger partial charge in [-0.15, -0.1) is 6.58 Å². The molecule has 0 amide bonds. The summed E-state index contributed by atoms with van der Waals surface area (Å²) in [5, 5.41) is 0. The summed E-state index contributed by atoms with van der Waals surface area (Å²) in [6.45, 7) is 5.82. The van der Waals surface area contributed by atoms with E-state index < -0.39 is 38.6 Å². The smallest absolute Gasteiger partial charge is 0.345 e. The molecule has 12 heavy (non-hydrogen) atoms. The Labute approximate surface area is 80.7 Å². The van der Waals surface area contributed by atoms with Gasteiger partial charge in [0, 0.05) is 0 Å². The lowest BCUT2D eigenvalue weighted by molar-refractivity contribution is 0.315. The highest BCUT2D eigenvalue weighted by atomic mass is 28.5. The van der Waals surface area contributed by atoms with Crippen molar-refractivity contribution in [2.45, 2.75) is 13.0 Å². The minimum atomic E-state index is -2.05. The fourth-order valence-electron chi connectivity index (χ4n) is 0.918. The maximum Gasteiger partial charge on any atom is 0.345 e. The van der Waals surface area contributed by atoms with Crippen LogP contribution in [-0.4, -0.2) is 38.6 Å². The Bertz CT molecular complexity index is 146. The number of hydrogen-bond acceptors (Lipinski definition) is 4. The van der Waals surface area contributed by atoms with E-state index in [1.165, 1.54) is 0 Å². The molecule has 4 nitrogen and oxygen atoms in total. The van der Waals surface area contributed by atoms with Gasteiger partial charge in [0.1, 0.15) is 0 Å². The summed E-state index contributed by atoms with van der Waals surface area (Å²) in [6.07, 6.45) is 0. The first-order valence-electron chi connectivity index (χ1n) is 3.90. The first-order valence-corrected chi connectivity index (χ1v) is 9.46. The molecule has 0 aromatic heterocycles. The normalized spacial score (nSPS) is 38.1. The first-order chi connectivity index (χ1) is 5.83. The maximum atomic E-state index is 5.67. The molecule has 0 N–H and O–H groups in total. The fraction of sp³-hybridized carbons (Fsp3) is 0.500. The minimum Gasteiger partial charge on any atom is -0.425 e. The number of rotatable bonds is 2. The Morgan fingerprint density at radius 2 is 1.83 bits per heavy atom. The molecule has 0 unspecified atom stereocenters. The highest BCUT2D eigenvalue weighted by Crippen LogP contribution is 2.14. The van der Waals surface area contributed by atoms with Crippen molar-refractivity contribution in [1.29, 1.82) is 0 Å². The zero-order chi connectivity index (χ0) is 8.86. The van der Waals surface area contributed by atoms with E-state index in [9.17, 15) is 0 Å². The van der Waals surface area contributed by atoms with Crippen LogP contribution in [0.1, 0.15) is 6.92 Å². The van der Waals surface area contributed by atoms with Crippen LogP contribution in [0.2, 0.25) is 6.04 Å². The largest absolute Gasteiger partial charge is 0.425 e. The van der Waals surface area contributed by atoms with Crippen molar-refractivity contribution in [2.75, 3.05) is 0 Å². The SMILES string of the molecule is C=C[Si]1(CC)O[SiH2]O[SiH2]O[SiH2]O1. The Kier molecular flexibility index (Phi) is 4.59. The molecule has 8 heteroatoms. The second-order valence-corrected chi connectivity index (χ2v) is 11.4. The van der Waals surface area contributed by atoms with E-state index in [1.807, 2.05) is 5.70 Å². The molecule has 0 saturated carbocycles. The molecule has 1 aliphatic rings. The quantitative estimate of drug-likeness (QED) is 0.535. The molecule has 70 valence electrons. The van der Waals surface area contributed by atoms with Gasteiger partial charge >= 0.3 is 8.56 Å². The maximum absolute atomic E-state index is 5.67. The summed E-state index contributed by atoms with van der Waals surface area (Å²) >= 11 is 0. The standard InChI is InChI=1S/C4H14O4Si4/c1-3-12(4-2)7-10-5-9-6-11-8-12/h3H,1,4,9-11H2,2H3. The van der Waals surface area contributed by atoms with E-state index in [0.717, 1.165) is 6.04 Å². The van der Waals surface area contributed by atoms with Crippen LogP contribution < -0.4 is 0 Å². The molecule has 0 spiro atoms. The topological polar surface area (TPSA) is 36.9 Å². The van der Waals surface area contributed by atoms with E-state index in [4.69, 9.17) is 16.5 Å². The van der Waals surface area contributed by atoms with Crippen molar-refractivity contribution < 1.29 is 16.5 Å². The average Bonchev–Trinajstić information content (AvgIpc) is 2.06. The van der Waals surface area contributed by atoms with Gasteiger partial charge in [-0.3, -0.25) is 0 Å². The lowest BCUT2D eigenvalue weighted by Crippen LogP contribution is -2.45. The van der Waals surface area contributed by atoms with E-state index in [0.29, 0.717) is 0 Å². The van der Waals surface area contributed by atoms with Gasteiger partial charge in [0.25, 0.3) is 30.0 Å². The van der Waals surface area contributed by atoms with Crippen LogP contribution in [0.3, 0.4) is 0 Å². The van der Waals surface area contributed by atoms with Crippen molar-refractivity contribution in [1.82, 2.24) is 0 Å². The van der Waals surface area contributed by atoms with Gasteiger partial charge in [0.2, 0.25) is 0 Å². The summed E-state index contributed by atoms with van der Waals surface area (Å²) in [5.41, 5.74) is 1.84. The third kappa shape index (κ3) is 2.74. The Morgan fingerprint density at radius 1 is 1.25 bits per heavy atom. The molecule has 1 rings (SSSR count). The summed E-state index contributed by atoms with van der Waals surface area (Å²) in [4.78, 5) is 0. The van der Waals surface area contributed by atoms with Gasteiger partial charge in [0.05, 0.1) is 0 Å². The van der Waals surface area contributed by atoms with Crippen molar-refractivity contribution in [3.63, 3.8) is 0 Å². The summed E-state index contributed by atoms with van der Waals surface area (Å²) in [6, 6.07) is 0.908. The Balaban J connectivity index is 2.51. The molecule has 0 radical (unpaired) electrons. The third-order valence-electron chi connectivity index (χ3n) is 1.74. The number of hydrogen-bond donors (Lipinski definition) is 0. The van der Waals surface area contributed by atoms with Crippen LogP contribution in [0.15, 0.2) is 12.3 Å². The van der Waals surface area contributed by atoms with E-state index >= 15 is 0 Å². The second kappa shape index (κ2) is 5.24. The van der Waals surface area contributed by atoms with Gasteiger partial charge in [-0.05, 0) is 6.04 Å². The Hall–Kier alpha value is 0.448. The molecule has 0 bridgehead atoms. The molecule has 0 aromatic carbocycles. The molecule has 1 fully saturated rings. The predicted octanol–water partition coefficient (Wildman–Crippen LogP) is -1.75. The lowest BCUT2D eigenvalue weighted by Gasteiger charge is -2.28. The third-order valence-corrected chi connectivity index (χ3v) is 10.9. The second-order valence-electron chi connectivity index (χ2n) is 2.42. The zero-order valence-corrected chi connectivity index (χ0v) is 12.5. The molecular formula is C4H14O4Si4. The van der Waals surface area contributed by atoms with E-state index in [-0.39, 0.29) is 0 Å². The molecule has 1 heterocycles. The van der Waals surface area contributed by atoms with Crippen molar-refractivity contribution in [3.05, 3.63) is 12.3 Å². The van der Waals surface area contributed by atoms with Crippen LogP contribution in [0.25, 0.3) is 0 Å². The molecule has 0 aromatic rings. The van der Waals surface area contributed by atoms with Crippen LogP contribution in [0, 0.1) is 0 Å². The molecule has 1 aliphatic heterocycles. The molecule has 0 aliphatic carbocycles. The molecular weight excluding hydrogens is 224 g/mol. The lowest BCUT2D eigenvalue weighted by atomic mass is 11.0. The molecule has 1 saturated heterocycles. The minimum absolute atomic E-state index is 0.751. The van der Waals surface area contributed by atoms with Gasteiger partial charge in [-0.2, -0.15) is 0 Å². The first kappa shape index (κ1) is 10.5. The molecule has 0 atom stereocenters. The van der Waals surface area contributed by atoms with Crippen molar-refractivity contribution in [3.8, 4) is 0 Å². The summed E-state index contributed by atoms with van der Waals surface area (Å²) in [7, 11) is -4.50. The van der Waals surface area contributed by atoms with Crippen LogP contribution in [0.4, 0.5) is 0 Å². The average molecular weight is 238 g/mol. The summed E-state index contributed by atoms with van der Waals surface area (Å²) < 4.78 is 22.0. The fourth-order valence-corrected chi connectivity index (χ4v) is 10.7. The van der Waals surface area contributed by atoms with E-state index in [2.05, 4.69) is 13.5 Å². The summed E-state index contributed by atoms with van der Waals surface area (Å²) in [5.74, 6) is 0. The van der Waals surface area contributed by atoms with Crippen molar-refractivity contribution in [2.24, 2.45) is 0 Å². The zero-order valence-electron chi connectivity index (χ0n) is 7.25. The van der Waals surface area contributed by atoms with E-state index in [1.54, 1.807) is 0 Å². The monoisotopic (exact) mass is 238 g/mol.